The van der Waals surface area contributed by atoms with Gasteiger partial charge in [0.25, 0.3) is 0 Å². The second kappa shape index (κ2) is 2.48. The average molecular weight is 228 g/mol. The van der Waals surface area contributed by atoms with E-state index < -0.39 is 0 Å². The van der Waals surface area contributed by atoms with E-state index in [1.165, 1.54) is 0 Å². The highest BCUT2D eigenvalue weighted by molar-refractivity contribution is 9.10. The fraction of sp³-hybridized carbons (Fsp3) is 0.125. The van der Waals surface area contributed by atoms with Gasteiger partial charge in [0.15, 0.2) is 11.5 Å². The van der Waals surface area contributed by atoms with E-state index in [9.17, 15) is 5.11 Å². The van der Waals surface area contributed by atoms with Crippen LogP contribution < -0.4 is 0 Å². The maximum Gasteiger partial charge on any atom is 0.192 e. The van der Waals surface area contributed by atoms with Crippen LogP contribution in [0, 0.1) is 6.92 Å². The Morgan fingerprint density at radius 1 is 1.50 bits per heavy atom. The number of fused-ring (bicyclic) bond motifs is 1. The molecule has 0 fully saturated rings. The topological polar surface area (TPSA) is 46.3 Å². The molecule has 1 aromatic heterocycles. The molecular formula is C8H6BrNO2. The summed E-state index contributed by atoms with van der Waals surface area (Å²) in [5, 5.41) is 9.30. The number of benzene rings is 1. The van der Waals surface area contributed by atoms with Crippen molar-refractivity contribution in [2.75, 3.05) is 0 Å². The van der Waals surface area contributed by atoms with Crippen LogP contribution in [0.2, 0.25) is 0 Å². The Kier molecular flexibility index (Phi) is 1.58. The molecule has 0 unspecified atom stereocenters. The third-order valence-corrected chi connectivity index (χ3v) is 2.20. The highest BCUT2D eigenvalue weighted by Crippen LogP contribution is 2.29. The van der Waals surface area contributed by atoms with Crippen LogP contribution >= 0.6 is 15.9 Å². The molecule has 4 heteroatoms. The van der Waals surface area contributed by atoms with Crippen molar-refractivity contribution in [3.63, 3.8) is 0 Å². The van der Waals surface area contributed by atoms with Gasteiger partial charge >= 0.3 is 0 Å². The monoisotopic (exact) mass is 227 g/mol. The largest absolute Gasteiger partial charge is 0.507 e. The summed E-state index contributed by atoms with van der Waals surface area (Å²) in [6.07, 6.45) is 0. The summed E-state index contributed by atoms with van der Waals surface area (Å²) in [7, 11) is 0. The van der Waals surface area contributed by atoms with Crippen LogP contribution in [0.1, 0.15) is 5.89 Å². The minimum Gasteiger partial charge on any atom is -0.507 e. The predicted octanol–water partition coefficient (Wildman–Crippen LogP) is 2.60. The summed E-state index contributed by atoms with van der Waals surface area (Å²) < 4.78 is 5.87. The zero-order valence-electron chi connectivity index (χ0n) is 6.34. The third kappa shape index (κ3) is 1.08. The van der Waals surface area contributed by atoms with E-state index in [4.69, 9.17) is 4.42 Å². The molecule has 1 aromatic carbocycles. The van der Waals surface area contributed by atoms with Gasteiger partial charge in [0, 0.05) is 19.1 Å². The normalized spacial score (nSPS) is 10.8. The fourth-order valence-corrected chi connectivity index (χ4v) is 1.38. The Hall–Kier alpha value is -1.03. The molecule has 0 aliphatic heterocycles. The Morgan fingerprint density at radius 3 is 3.00 bits per heavy atom. The predicted molar refractivity (Wildman–Crippen MR) is 48.1 cm³/mol. The van der Waals surface area contributed by atoms with E-state index in [0.717, 1.165) is 0 Å². The number of oxazole rings is 1. The average Bonchev–Trinajstić information content (AvgIpc) is 2.30. The highest BCUT2D eigenvalue weighted by atomic mass is 79.9. The van der Waals surface area contributed by atoms with Crippen LogP contribution in [0.25, 0.3) is 11.1 Å². The molecule has 3 nitrogen and oxygen atoms in total. The molecule has 0 amide bonds. The van der Waals surface area contributed by atoms with Crippen molar-refractivity contribution in [2.45, 2.75) is 6.92 Å². The number of halogens is 1. The summed E-state index contributed by atoms with van der Waals surface area (Å²) in [4.78, 5) is 4.07. The first-order chi connectivity index (χ1) is 5.66. The van der Waals surface area contributed by atoms with E-state index in [1.54, 1.807) is 19.1 Å². The second-order valence-electron chi connectivity index (χ2n) is 2.50. The first-order valence-corrected chi connectivity index (χ1v) is 4.22. The number of nitrogens with zero attached hydrogens (tertiary/aromatic N) is 1. The summed E-state index contributed by atoms with van der Waals surface area (Å²) in [6, 6.07) is 3.26. The number of aryl methyl sites for hydroxylation is 1. The van der Waals surface area contributed by atoms with Crippen molar-refractivity contribution >= 4 is 27.0 Å². The van der Waals surface area contributed by atoms with E-state index in [2.05, 4.69) is 20.9 Å². The lowest BCUT2D eigenvalue weighted by Crippen LogP contribution is -1.70. The fourth-order valence-electron chi connectivity index (χ4n) is 1.05. The van der Waals surface area contributed by atoms with Gasteiger partial charge in [-0.2, -0.15) is 0 Å². The Labute approximate surface area is 77.2 Å². The smallest absolute Gasteiger partial charge is 0.192 e. The lowest BCUT2D eigenvalue weighted by Gasteiger charge is -1.93. The minimum atomic E-state index is 0.177. The summed E-state index contributed by atoms with van der Waals surface area (Å²) in [5.41, 5.74) is 1.35. The summed E-state index contributed by atoms with van der Waals surface area (Å²) in [5.74, 6) is 0.776. The zero-order valence-corrected chi connectivity index (χ0v) is 7.92. The van der Waals surface area contributed by atoms with Crippen LogP contribution in [0.5, 0.6) is 5.75 Å². The molecule has 0 aliphatic carbocycles. The quantitative estimate of drug-likeness (QED) is 0.753. The van der Waals surface area contributed by atoms with Crippen molar-refractivity contribution in [1.82, 2.24) is 4.98 Å². The first-order valence-electron chi connectivity index (χ1n) is 3.42. The van der Waals surface area contributed by atoms with Gasteiger partial charge in [-0.3, -0.25) is 0 Å². The molecule has 62 valence electrons. The molecule has 2 aromatic rings. The van der Waals surface area contributed by atoms with Crippen molar-refractivity contribution in [3.8, 4) is 5.75 Å². The molecule has 0 aliphatic rings. The number of hydrogen-bond acceptors (Lipinski definition) is 3. The molecule has 0 bridgehead atoms. The molecular weight excluding hydrogens is 222 g/mol. The van der Waals surface area contributed by atoms with Crippen molar-refractivity contribution < 1.29 is 9.52 Å². The van der Waals surface area contributed by atoms with Crippen LogP contribution in [0.4, 0.5) is 0 Å². The number of phenols is 1. The first kappa shape index (κ1) is 7.61. The number of phenolic OH excluding ortho intramolecular Hbond substituents is 1. The van der Waals surface area contributed by atoms with Gasteiger partial charge in [-0.05, 0) is 15.9 Å². The van der Waals surface area contributed by atoms with Crippen LogP contribution in [-0.4, -0.2) is 10.1 Å². The lowest BCUT2D eigenvalue weighted by atomic mass is 10.3. The number of rotatable bonds is 0. The molecule has 0 radical (unpaired) electrons. The number of aromatic hydroxyl groups is 1. The third-order valence-electron chi connectivity index (χ3n) is 1.56. The van der Waals surface area contributed by atoms with Crippen molar-refractivity contribution in [3.05, 3.63) is 22.5 Å². The van der Waals surface area contributed by atoms with E-state index in [-0.39, 0.29) is 5.75 Å². The van der Waals surface area contributed by atoms with Gasteiger partial charge in [-0.15, -0.1) is 0 Å². The molecule has 1 heterocycles. The minimum absolute atomic E-state index is 0.177. The van der Waals surface area contributed by atoms with Gasteiger partial charge in [-0.25, -0.2) is 4.98 Å². The van der Waals surface area contributed by atoms with E-state index >= 15 is 0 Å². The van der Waals surface area contributed by atoms with Gasteiger partial charge in [0.1, 0.15) is 11.3 Å². The highest BCUT2D eigenvalue weighted by Gasteiger charge is 2.05. The Morgan fingerprint density at radius 2 is 2.25 bits per heavy atom. The maximum absolute atomic E-state index is 9.30. The van der Waals surface area contributed by atoms with Crippen molar-refractivity contribution in [1.29, 1.82) is 0 Å². The Bertz CT molecular complexity index is 397. The summed E-state index contributed by atoms with van der Waals surface area (Å²) >= 11 is 3.19. The molecule has 0 saturated carbocycles. The molecule has 0 saturated heterocycles. The van der Waals surface area contributed by atoms with Gasteiger partial charge in [0.2, 0.25) is 0 Å². The van der Waals surface area contributed by atoms with Gasteiger partial charge in [-0.1, -0.05) is 0 Å². The van der Waals surface area contributed by atoms with Gasteiger partial charge < -0.3 is 9.52 Å². The van der Waals surface area contributed by atoms with Crippen LogP contribution in [0.15, 0.2) is 21.0 Å². The molecule has 0 spiro atoms. The van der Waals surface area contributed by atoms with E-state index in [1.807, 2.05) is 0 Å². The molecule has 12 heavy (non-hydrogen) atoms. The van der Waals surface area contributed by atoms with Gasteiger partial charge in [0.05, 0.1) is 4.47 Å². The number of hydrogen-bond donors (Lipinski definition) is 1. The van der Waals surface area contributed by atoms with Crippen LogP contribution in [0.3, 0.4) is 0 Å². The second-order valence-corrected chi connectivity index (χ2v) is 3.36. The number of aromatic nitrogens is 1. The van der Waals surface area contributed by atoms with Crippen LogP contribution in [-0.2, 0) is 0 Å². The maximum atomic E-state index is 9.30. The van der Waals surface area contributed by atoms with E-state index in [0.29, 0.717) is 21.5 Å². The standard InChI is InChI=1S/C8H6BrNO2/c1-4-10-6-3-7(11)5(9)2-8(6)12-4/h2-3,11H,1H3. The zero-order chi connectivity index (χ0) is 8.72. The lowest BCUT2D eigenvalue weighted by molar-refractivity contribution is 0.472. The molecule has 2 rings (SSSR count). The van der Waals surface area contributed by atoms with Crippen molar-refractivity contribution in [2.24, 2.45) is 0 Å². The molecule has 1 N–H and O–H groups in total. The molecule has 0 atom stereocenters. The summed E-state index contributed by atoms with van der Waals surface area (Å²) in [6.45, 7) is 1.77. The Balaban J connectivity index is 2.83. The SMILES string of the molecule is Cc1nc2cc(O)c(Br)cc2o1.